The van der Waals surface area contributed by atoms with E-state index in [0.29, 0.717) is 6.04 Å². The molecule has 1 aromatic carbocycles. The van der Waals surface area contributed by atoms with Gasteiger partial charge in [-0.25, -0.2) is 4.39 Å². The van der Waals surface area contributed by atoms with Crippen molar-refractivity contribution in [3.63, 3.8) is 0 Å². The minimum absolute atomic E-state index is 0.0915. The Morgan fingerprint density at radius 2 is 2.31 bits per heavy atom. The highest BCUT2D eigenvalue weighted by atomic mass is 19.1. The summed E-state index contributed by atoms with van der Waals surface area (Å²) in [6.07, 6.45) is 2.32. The van der Waals surface area contributed by atoms with Gasteiger partial charge >= 0.3 is 0 Å². The summed E-state index contributed by atoms with van der Waals surface area (Å²) in [7, 11) is 0. The van der Waals surface area contributed by atoms with Crippen LogP contribution in [0.3, 0.4) is 0 Å². The van der Waals surface area contributed by atoms with Gasteiger partial charge in [-0.15, -0.1) is 0 Å². The van der Waals surface area contributed by atoms with Gasteiger partial charge in [0.05, 0.1) is 0 Å². The van der Waals surface area contributed by atoms with Gasteiger partial charge in [0.2, 0.25) is 0 Å². The van der Waals surface area contributed by atoms with Crippen LogP contribution < -0.4 is 5.32 Å². The van der Waals surface area contributed by atoms with Crippen molar-refractivity contribution in [1.29, 1.82) is 0 Å². The number of halogens is 1. The van der Waals surface area contributed by atoms with Crippen LogP contribution in [0.2, 0.25) is 0 Å². The van der Waals surface area contributed by atoms with Gasteiger partial charge in [-0.2, -0.15) is 0 Å². The lowest BCUT2D eigenvalue weighted by Gasteiger charge is -2.13. The van der Waals surface area contributed by atoms with Crippen LogP contribution in [0, 0.1) is 12.7 Å². The topological polar surface area (TPSA) is 12.0 Å². The van der Waals surface area contributed by atoms with Gasteiger partial charge in [-0.05, 0) is 43.5 Å². The first kappa shape index (κ1) is 8.70. The maximum atomic E-state index is 13.2. The van der Waals surface area contributed by atoms with Crippen LogP contribution in [0.5, 0.6) is 0 Å². The second kappa shape index (κ2) is 3.46. The van der Waals surface area contributed by atoms with E-state index in [0.717, 1.165) is 24.1 Å². The second-order valence-electron chi connectivity index (χ2n) is 3.60. The Balaban J connectivity index is 2.33. The molecule has 0 radical (unpaired) electrons. The van der Waals surface area contributed by atoms with Crippen molar-refractivity contribution < 1.29 is 4.39 Å². The van der Waals surface area contributed by atoms with Crippen molar-refractivity contribution in [2.75, 3.05) is 6.54 Å². The molecule has 0 amide bonds. The zero-order valence-electron chi connectivity index (χ0n) is 7.81. The molecule has 0 saturated carbocycles. The lowest BCUT2D eigenvalue weighted by molar-refractivity contribution is 0.595. The van der Waals surface area contributed by atoms with Crippen LogP contribution in [-0.2, 0) is 0 Å². The van der Waals surface area contributed by atoms with E-state index in [-0.39, 0.29) is 5.82 Å². The van der Waals surface area contributed by atoms with E-state index >= 15 is 0 Å². The summed E-state index contributed by atoms with van der Waals surface area (Å²) in [5.74, 6) is -0.0915. The molecule has 1 aromatic rings. The molecule has 0 aromatic heterocycles. The minimum Gasteiger partial charge on any atom is -0.310 e. The molecule has 1 heterocycles. The predicted molar refractivity (Wildman–Crippen MR) is 51.1 cm³/mol. The van der Waals surface area contributed by atoms with Crippen molar-refractivity contribution in [2.45, 2.75) is 25.8 Å². The largest absolute Gasteiger partial charge is 0.310 e. The van der Waals surface area contributed by atoms with Crippen LogP contribution in [0.4, 0.5) is 4.39 Å². The maximum Gasteiger partial charge on any atom is 0.126 e. The first-order valence-corrected chi connectivity index (χ1v) is 4.77. The zero-order chi connectivity index (χ0) is 9.26. The first-order valence-electron chi connectivity index (χ1n) is 4.77. The van der Waals surface area contributed by atoms with Crippen LogP contribution in [0.25, 0.3) is 0 Å². The number of benzene rings is 1. The third-order valence-electron chi connectivity index (χ3n) is 2.75. The fourth-order valence-electron chi connectivity index (χ4n) is 1.95. The molecule has 2 rings (SSSR count). The molecule has 1 unspecified atom stereocenters. The third-order valence-corrected chi connectivity index (χ3v) is 2.75. The SMILES string of the molecule is Cc1c(F)cccc1C1CCCN1. The van der Waals surface area contributed by atoms with Crippen LogP contribution in [0.15, 0.2) is 18.2 Å². The maximum absolute atomic E-state index is 13.2. The molecule has 0 spiro atoms. The molecule has 13 heavy (non-hydrogen) atoms. The molecule has 0 bridgehead atoms. The van der Waals surface area contributed by atoms with Gasteiger partial charge in [0.25, 0.3) is 0 Å². The lowest BCUT2D eigenvalue weighted by Crippen LogP contribution is -2.14. The molecular weight excluding hydrogens is 165 g/mol. The van der Waals surface area contributed by atoms with Gasteiger partial charge < -0.3 is 5.32 Å². The Morgan fingerprint density at radius 1 is 1.46 bits per heavy atom. The van der Waals surface area contributed by atoms with E-state index < -0.39 is 0 Å². The van der Waals surface area contributed by atoms with Gasteiger partial charge in [0.15, 0.2) is 0 Å². The molecule has 0 aliphatic carbocycles. The molecule has 1 saturated heterocycles. The van der Waals surface area contributed by atoms with Gasteiger partial charge in [-0.3, -0.25) is 0 Å². The van der Waals surface area contributed by atoms with E-state index in [2.05, 4.69) is 5.32 Å². The monoisotopic (exact) mass is 179 g/mol. The van der Waals surface area contributed by atoms with Crippen molar-refractivity contribution in [3.8, 4) is 0 Å². The third kappa shape index (κ3) is 1.59. The highest BCUT2D eigenvalue weighted by Crippen LogP contribution is 2.26. The Hall–Kier alpha value is -0.890. The summed E-state index contributed by atoms with van der Waals surface area (Å²) in [6.45, 7) is 2.91. The fraction of sp³-hybridized carbons (Fsp3) is 0.455. The highest BCUT2D eigenvalue weighted by molar-refractivity contribution is 5.30. The van der Waals surface area contributed by atoms with E-state index in [1.807, 2.05) is 13.0 Å². The Morgan fingerprint density at radius 3 is 3.00 bits per heavy atom. The number of rotatable bonds is 1. The van der Waals surface area contributed by atoms with Crippen LogP contribution in [-0.4, -0.2) is 6.54 Å². The van der Waals surface area contributed by atoms with Crippen LogP contribution >= 0.6 is 0 Å². The van der Waals surface area contributed by atoms with E-state index in [9.17, 15) is 4.39 Å². The molecular formula is C11H14FN. The number of hydrogen-bond donors (Lipinski definition) is 1. The van der Waals surface area contributed by atoms with Gasteiger partial charge in [-0.1, -0.05) is 12.1 Å². The quantitative estimate of drug-likeness (QED) is 0.698. The summed E-state index contributed by atoms with van der Waals surface area (Å²) in [5, 5.41) is 3.37. The summed E-state index contributed by atoms with van der Waals surface area (Å²) >= 11 is 0. The zero-order valence-corrected chi connectivity index (χ0v) is 7.81. The smallest absolute Gasteiger partial charge is 0.126 e. The number of hydrogen-bond acceptors (Lipinski definition) is 1. The van der Waals surface area contributed by atoms with E-state index in [1.165, 1.54) is 12.5 Å². The molecule has 1 nitrogen and oxygen atoms in total. The molecule has 1 N–H and O–H groups in total. The van der Waals surface area contributed by atoms with Crippen LogP contribution in [0.1, 0.15) is 30.0 Å². The Bertz CT molecular complexity index is 303. The van der Waals surface area contributed by atoms with Crippen molar-refractivity contribution >= 4 is 0 Å². The Kier molecular flexibility index (Phi) is 2.32. The molecule has 1 atom stereocenters. The average molecular weight is 179 g/mol. The predicted octanol–water partition coefficient (Wildman–Crippen LogP) is 2.56. The summed E-state index contributed by atoms with van der Waals surface area (Å²) in [4.78, 5) is 0. The minimum atomic E-state index is -0.0915. The Labute approximate surface area is 78.0 Å². The van der Waals surface area contributed by atoms with Crippen molar-refractivity contribution in [2.24, 2.45) is 0 Å². The van der Waals surface area contributed by atoms with Crippen molar-refractivity contribution in [3.05, 3.63) is 35.1 Å². The van der Waals surface area contributed by atoms with E-state index in [1.54, 1.807) is 6.07 Å². The van der Waals surface area contributed by atoms with Gasteiger partial charge in [0, 0.05) is 6.04 Å². The lowest BCUT2D eigenvalue weighted by atomic mass is 10.00. The molecule has 1 aliphatic heterocycles. The summed E-state index contributed by atoms with van der Waals surface area (Å²) in [5.41, 5.74) is 1.92. The van der Waals surface area contributed by atoms with Crippen molar-refractivity contribution in [1.82, 2.24) is 5.32 Å². The fourth-order valence-corrected chi connectivity index (χ4v) is 1.95. The highest BCUT2D eigenvalue weighted by Gasteiger charge is 2.18. The number of nitrogens with one attached hydrogen (secondary N) is 1. The first-order chi connectivity index (χ1) is 6.29. The summed E-state index contributed by atoms with van der Waals surface area (Å²) in [6, 6.07) is 5.70. The van der Waals surface area contributed by atoms with E-state index in [4.69, 9.17) is 0 Å². The standard InChI is InChI=1S/C11H14FN/c1-8-9(4-2-5-10(8)12)11-6-3-7-13-11/h2,4-5,11,13H,3,6-7H2,1H3. The average Bonchev–Trinajstić information content (AvgIpc) is 2.62. The molecule has 70 valence electrons. The normalized spacial score (nSPS) is 22.2. The molecule has 2 heteroatoms. The molecule has 1 aliphatic rings. The second-order valence-corrected chi connectivity index (χ2v) is 3.60. The van der Waals surface area contributed by atoms with Gasteiger partial charge in [0.1, 0.15) is 5.82 Å². The molecule has 1 fully saturated rings. The summed E-state index contributed by atoms with van der Waals surface area (Å²) < 4.78 is 13.2.